The van der Waals surface area contributed by atoms with Crippen LogP contribution < -0.4 is 10.2 Å². The zero-order chi connectivity index (χ0) is 19.4. The van der Waals surface area contributed by atoms with Gasteiger partial charge in [0.05, 0.1) is 10.6 Å². The van der Waals surface area contributed by atoms with Crippen molar-refractivity contribution in [2.24, 2.45) is 5.10 Å². The lowest BCUT2D eigenvalue weighted by atomic mass is 10.1. The average molecular weight is 528 g/mol. The second kappa shape index (κ2) is 9.76. The van der Waals surface area contributed by atoms with Gasteiger partial charge in [-0.15, -0.1) is 33.4 Å². The molecule has 1 N–H and O–H groups in total. The summed E-state index contributed by atoms with van der Waals surface area (Å²) in [6.07, 6.45) is 0. The van der Waals surface area contributed by atoms with Gasteiger partial charge in [-0.05, 0) is 25.1 Å². The summed E-state index contributed by atoms with van der Waals surface area (Å²) in [5.41, 5.74) is 4.61. The molecule has 0 aliphatic rings. The first kappa shape index (κ1) is 22.0. The minimum absolute atomic E-state index is 0. The Labute approximate surface area is 183 Å². The van der Waals surface area contributed by atoms with E-state index < -0.39 is 4.92 Å². The first-order valence-corrected chi connectivity index (χ1v) is 9.69. The van der Waals surface area contributed by atoms with E-state index >= 15 is 0 Å². The minimum Gasteiger partial charge on any atom is -0.315 e. The highest BCUT2D eigenvalue weighted by atomic mass is 79.9. The predicted octanol–water partition coefficient (Wildman–Crippen LogP) is 4.73. The van der Waals surface area contributed by atoms with Crippen molar-refractivity contribution in [3.05, 3.63) is 78.9 Å². The van der Waals surface area contributed by atoms with Crippen LogP contribution in [0.3, 0.4) is 0 Å². The Morgan fingerprint density at radius 3 is 2.71 bits per heavy atom. The molecule has 0 aliphatic carbocycles. The van der Waals surface area contributed by atoms with Crippen molar-refractivity contribution in [1.29, 1.82) is 0 Å². The van der Waals surface area contributed by atoms with E-state index in [1.807, 2.05) is 29.0 Å². The molecule has 0 spiro atoms. The van der Waals surface area contributed by atoms with Crippen LogP contribution in [-0.4, -0.2) is 15.4 Å². The van der Waals surface area contributed by atoms with Crippen LogP contribution in [-0.2, 0) is 6.54 Å². The minimum atomic E-state index is -0.421. The largest absolute Gasteiger partial charge is 0.315 e. The zero-order valence-electron chi connectivity index (χ0n) is 14.7. The number of aromatic nitrogens is 1. The van der Waals surface area contributed by atoms with Crippen molar-refractivity contribution in [2.45, 2.75) is 13.5 Å². The lowest BCUT2D eigenvalue weighted by Gasteiger charge is -2.06. The molecule has 0 saturated carbocycles. The first-order valence-electron chi connectivity index (χ1n) is 8.02. The summed E-state index contributed by atoms with van der Waals surface area (Å²) < 4.78 is 2.70. The van der Waals surface area contributed by atoms with Gasteiger partial charge >= 0.3 is 0 Å². The van der Waals surface area contributed by atoms with E-state index in [2.05, 4.69) is 26.5 Å². The fourth-order valence-electron chi connectivity index (χ4n) is 2.53. The number of rotatable bonds is 5. The number of hydrogen-bond donors (Lipinski definition) is 1. The quantitative estimate of drug-likeness (QED) is 0.384. The number of nitro benzene ring substituents is 1. The number of hydrogen-bond acceptors (Lipinski definition) is 5. The van der Waals surface area contributed by atoms with Crippen LogP contribution in [0.25, 0.3) is 11.3 Å². The van der Waals surface area contributed by atoms with Gasteiger partial charge in [-0.25, -0.2) is 5.43 Å². The van der Waals surface area contributed by atoms with Crippen molar-refractivity contribution in [3.63, 3.8) is 0 Å². The number of amides is 1. The Balaban J connectivity index is 0.00000280. The highest BCUT2D eigenvalue weighted by Crippen LogP contribution is 2.24. The molecule has 1 heterocycles. The number of nitrogens with one attached hydrogen (secondary N) is 1. The van der Waals surface area contributed by atoms with Gasteiger partial charge < -0.3 is 4.57 Å². The highest BCUT2D eigenvalue weighted by molar-refractivity contribution is 9.10. The summed E-state index contributed by atoms with van der Waals surface area (Å²) in [5, 5.41) is 17.1. The Kier molecular flexibility index (Phi) is 7.67. The van der Waals surface area contributed by atoms with Crippen molar-refractivity contribution in [1.82, 2.24) is 9.99 Å². The van der Waals surface area contributed by atoms with Gasteiger partial charge in [-0.2, -0.15) is 0 Å². The molecule has 0 aliphatic heterocycles. The molecule has 1 aromatic heterocycles. The smallest absolute Gasteiger partial charge is 0.271 e. The maximum Gasteiger partial charge on any atom is 0.271 e. The van der Waals surface area contributed by atoms with Gasteiger partial charge in [0.1, 0.15) is 0 Å². The third-order valence-electron chi connectivity index (χ3n) is 3.81. The molecule has 0 saturated heterocycles. The molecule has 0 radical (unpaired) electrons. The molecule has 1 amide bonds. The van der Waals surface area contributed by atoms with E-state index in [1.54, 1.807) is 24.3 Å². The number of carbonyl (C=O) groups is 1. The van der Waals surface area contributed by atoms with E-state index in [0.717, 1.165) is 15.7 Å². The number of carbonyl (C=O) groups excluding carboxylic acids is 1. The van der Waals surface area contributed by atoms with Crippen LogP contribution in [0.15, 0.2) is 63.5 Å². The van der Waals surface area contributed by atoms with Crippen molar-refractivity contribution < 1.29 is 9.72 Å². The number of nitro groups is 1. The normalized spacial score (nSPS) is 11.0. The standard InChI is InChI=1S/C18H15BrN4O3S.BrH/c1-2-22-16(12-5-4-8-15(10-12)23(25)26)11-27-18(22)21-20-17(24)13-6-3-7-14(19)9-13;/h3-11H,2H2,1H3,(H,20,24);1H/b21-18-;. The van der Waals surface area contributed by atoms with Crippen LogP contribution in [0.1, 0.15) is 17.3 Å². The molecule has 146 valence electrons. The predicted molar refractivity (Wildman–Crippen MR) is 118 cm³/mol. The number of non-ortho nitro benzene ring substituents is 1. The van der Waals surface area contributed by atoms with Crippen LogP contribution in [0.2, 0.25) is 0 Å². The number of thiazole rings is 1. The Bertz CT molecular complexity index is 1080. The van der Waals surface area contributed by atoms with Crippen LogP contribution in [0.5, 0.6) is 0 Å². The van der Waals surface area contributed by atoms with Crippen molar-refractivity contribution in [3.8, 4) is 11.3 Å². The molecule has 3 aromatic rings. The van der Waals surface area contributed by atoms with Gasteiger partial charge in [-0.1, -0.05) is 34.1 Å². The summed E-state index contributed by atoms with van der Waals surface area (Å²) in [4.78, 5) is 23.5. The maximum absolute atomic E-state index is 12.3. The maximum atomic E-state index is 12.3. The third kappa shape index (κ3) is 4.94. The van der Waals surface area contributed by atoms with Crippen LogP contribution >= 0.6 is 44.2 Å². The number of benzene rings is 2. The molecule has 0 unspecified atom stereocenters. The van der Waals surface area contributed by atoms with E-state index in [-0.39, 0.29) is 28.6 Å². The summed E-state index contributed by atoms with van der Waals surface area (Å²) in [6.45, 7) is 2.55. The molecule has 0 atom stereocenters. The SMILES string of the molecule is Br.CCn1c(-c2cccc([N+](=O)[O-])c2)cs/c1=N\NC(=O)c1cccc(Br)c1. The van der Waals surface area contributed by atoms with E-state index in [4.69, 9.17) is 0 Å². The van der Waals surface area contributed by atoms with Crippen molar-refractivity contribution >= 4 is 55.8 Å². The summed E-state index contributed by atoms with van der Waals surface area (Å²) in [7, 11) is 0. The Hall–Kier alpha value is -2.30. The molecule has 28 heavy (non-hydrogen) atoms. The van der Waals surface area contributed by atoms with E-state index in [9.17, 15) is 14.9 Å². The molecule has 0 bridgehead atoms. The monoisotopic (exact) mass is 526 g/mol. The van der Waals surface area contributed by atoms with Crippen LogP contribution in [0.4, 0.5) is 5.69 Å². The molecule has 3 rings (SSSR count). The average Bonchev–Trinajstić information content (AvgIpc) is 3.09. The summed E-state index contributed by atoms with van der Waals surface area (Å²) in [5.74, 6) is -0.316. The third-order valence-corrected chi connectivity index (χ3v) is 5.16. The first-order chi connectivity index (χ1) is 13.0. The molecule has 2 aromatic carbocycles. The molecular weight excluding hydrogens is 512 g/mol. The fourth-order valence-corrected chi connectivity index (χ4v) is 3.86. The summed E-state index contributed by atoms with van der Waals surface area (Å²) >= 11 is 4.69. The highest BCUT2D eigenvalue weighted by Gasteiger charge is 2.12. The Morgan fingerprint density at radius 2 is 2.04 bits per heavy atom. The van der Waals surface area contributed by atoms with Gasteiger partial charge in [0.25, 0.3) is 11.6 Å². The van der Waals surface area contributed by atoms with Crippen molar-refractivity contribution in [2.75, 3.05) is 0 Å². The lowest BCUT2D eigenvalue weighted by Crippen LogP contribution is -2.24. The van der Waals surface area contributed by atoms with Gasteiger partial charge in [0.2, 0.25) is 4.80 Å². The van der Waals surface area contributed by atoms with Gasteiger partial charge in [0, 0.05) is 39.7 Å². The summed E-state index contributed by atoms with van der Waals surface area (Å²) in [6, 6.07) is 13.5. The van der Waals surface area contributed by atoms with Gasteiger partial charge in [-0.3, -0.25) is 14.9 Å². The number of halogens is 2. The Morgan fingerprint density at radius 1 is 1.29 bits per heavy atom. The molecule has 10 heteroatoms. The van der Waals surface area contributed by atoms with Crippen LogP contribution in [0, 0.1) is 10.1 Å². The lowest BCUT2D eigenvalue weighted by molar-refractivity contribution is -0.384. The second-order valence-corrected chi connectivity index (χ2v) is 7.27. The molecule has 0 fully saturated rings. The molecule has 7 nitrogen and oxygen atoms in total. The van der Waals surface area contributed by atoms with Gasteiger partial charge in [0.15, 0.2) is 0 Å². The zero-order valence-corrected chi connectivity index (χ0v) is 18.8. The topological polar surface area (TPSA) is 89.5 Å². The second-order valence-electron chi connectivity index (χ2n) is 5.52. The fraction of sp³-hybridized carbons (Fsp3) is 0.111. The molecular formula is C18H16Br2N4O3S. The number of nitrogens with zero attached hydrogens (tertiary/aromatic N) is 3. The van der Waals surface area contributed by atoms with E-state index in [1.165, 1.54) is 23.5 Å². The van der Waals surface area contributed by atoms with E-state index in [0.29, 0.717) is 16.9 Å².